The number of amides is 2. The monoisotopic (exact) mass is 457 g/mol. The predicted molar refractivity (Wildman–Crippen MR) is 122 cm³/mol. The Morgan fingerprint density at radius 1 is 1.23 bits per heavy atom. The van der Waals surface area contributed by atoms with E-state index in [1.807, 2.05) is 12.3 Å². The minimum Gasteiger partial charge on any atom is -0.341 e. The fraction of sp³-hybridized carbons (Fsp3) is 0.400. The molecule has 0 spiro atoms. The van der Waals surface area contributed by atoms with Crippen LogP contribution < -0.4 is 15.5 Å². The van der Waals surface area contributed by atoms with E-state index in [9.17, 15) is 9.59 Å². The van der Waals surface area contributed by atoms with Gasteiger partial charge in [0.1, 0.15) is 0 Å². The quantitative estimate of drug-likeness (QED) is 0.365. The Bertz CT molecular complexity index is 993. The van der Waals surface area contributed by atoms with E-state index >= 15 is 0 Å². The SMILES string of the molecule is CSc1nccc(CNCC2CCN(c3nccc(C=C4SC(=O)NC4=O)n3)CC2)n1. The molecule has 31 heavy (non-hydrogen) atoms. The smallest absolute Gasteiger partial charge is 0.290 e. The highest BCUT2D eigenvalue weighted by Crippen LogP contribution is 2.26. The van der Waals surface area contributed by atoms with E-state index in [-0.39, 0.29) is 11.1 Å². The Balaban J connectivity index is 1.27. The van der Waals surface area contributed by atoms with Gasteiger partial charge in [-0.3, -0.25) is 14.9 Å². The lowest BCUT2D eigenvalue weighted by Gasteiger charge is -2.32. The third-order valence-electron chi connectivity index (χ3n) is 5.10. The van der Waals surface area contributed by atoms with Crippen molar-refractivity contribution in [1.29, 1.82) is 0 Å². The minimum atomic E-state index is -0.380. The average molecular weight is 458 g/mol. The van der Waals surface area contributed by atoms with Crippen molar-refractivity contribution in [2.75, 3.05) is 30.8 Å². The lowest BCUT2D eigenvalue weighted by Crippen LogP contribution is -2.38. The highest BCUT2D eigenvalue weighted by molar-refractivity contribution is 8.18. The molecule has 162 valence electrons. The number of rotatable bonds is 7. The number of anilines is 1. The van der Waals surface area contributed by atoms with Gasteiger partial charge in [0.05, 0.1) is 16.3 Å². The summed E-state index contributed by atoms with van der Waals surface area (Å²) in [5.74, 6) is 0.865. The fourth-order valence-corrected chi connectivity index (χ4v) is 4.51. The van der Waals surface area contributed by atoms with Gasteiger partial charge in [-0.1, -0.05) is 11.8 Å². The zero-order valence-corrected chi connectivity index (χ0v) is 18.7. The number of hydrogen-bond donors (Lipinski definition) is 2. The van der Waals surface area contributed by atoms with Crippen molar-refractivity contribution in [1.82, 2.24) is 30.6 Å². The summed E-state index contributed by atoms with van der Waals surface area (Å²) in [7, 11) is 0. The van der Waals surface area contributed by atoms with Crippen molar-refractivity contribution in [2.24, 2.45) is 5.92 Å². The average Bonchev–Trinajstić information content (AvgIpc) is 3.11. The third kappa shape index (κ3) is 5.81. The van der Waals surface area contributed by atoms with Gasteiger partial charge >= 0.3 is 0 Å². The second-order valence-corrected chi connectivity index (χ2v) is 9.02. The van der Waals surface area contributed by atoms with Gasteiger partial charge in [-0.2, -0.15) is 0 Å². The molecule has 2 aliphatic heterocycles. The standard InChI is InChI=1S/C20H23N7O2S2/c1-30-19-23-7-3-15(25-19)12-21-11-13-4-8-27(9-5-13)18-22-6-2-14(24-18)10-16-17(28)26-20(29)31-16/h2-3,6-7,10,13,21H,4-5,8-9,11-12H2,1H3,(H,26,28,29). The van der Waals surface area contributed by atoms with Crippen molar-refractivity contribution in [3.63, 3.8) is 0 Å². The van der Waals surface area contributed by atoms with Crippen LogP contribution in [0, 0.1) is 5.92 Å². The van der Waals surface area contributed by atoms with Crippen LogP contribution in [-0.2, 0) is 11.3 Å². The minimum absolute atomic E-state index is 0.354. The van der Waals surface area contributed by atoms with Crippen LogP contribution in [0.5, 0.6) is 0 Å². The molecule has 11 heteroatoms. The molecule has 0 bridgehead atoms. The molecule has 2 saturated heterocycles. The van der Waals surface area contributed by atoms with Crippen LogP contribution >= 0.6 is 23.5 Å². The van der Waals surface area contributed by atoms with Gasteiger partial charge in [-0.15, -0.1) is 0 Å². The second kappa shape index (κ2) is 10.2. The normalized spacial score (nSPS) is 18.6. The number of imide groups is 1. The van der Waals surface area contributed by atoms with E-state index in [1.54, 1.807) is 36.3 Å². The van der Waals surface area contributed by atoms with E-state index in [0.717, 1.165) is 61.6 Å². The molecule has 2 N–H and O–H groups in total. The summed E-state index contributed by atoms with van der Waals surface area (Å²) in [5, 5.41) is 6.20. The summed E-state index contributed by atoms with van der Waals surface area (Å²) in [5.41, 5.74) is 1.63. The van der Waals surface area contributed by atoms with Crippen LogP contribution in [-0.4, -0.2) is 57.0 Å². The van der Waals surface area contributed by atoms with Gasteiger partial charge in [0.2, 0.25) is 5.95 Å². The molecule has 2 aromatic heterocycles. The maximum absolute atomic E-state index is 11.7. The van der Waals surface area contributed by atoms with Gasteiger partial charge in [-0.25, -0.2) is 19.9 Å². The summed E-state index contributed by atoms with van der Waals surface area (Å²) in [4.78, 5) is 43.2. The predicted octanol–water partition coefficient (Wildman–Crippen LogP) is 2.32. The van der Waals surface area contributed by atoms with E-state index in [1.165, 1.54) is 0 Å². The van der Waals surface area contributed by atoms with Gasteiger partial charge in [0.15, 0.2) is 5.16 Å². The largest absolute Gasteiger partial charge is 0.341 e. The van der Waals surface area contributed by atoms with Crippen LogP contribution in [0.3, 0.4) is 0 Å². The number of carbonyl (C=O) groups excluding carboxylic acids is 2. The zero-order chi connectivity index (χ0) is 21.6. The Morgan fingerprint density at radius 3 is 2.77 bits per heavy atom. The first-order chi connectivity index (χ1) is 15.1. The number of hydrogen-bond acceptors (Lipinski definition) is 10. The topological polar surface area (TPSA) is 113 Å². The Morgan fingerprint density at radius 2 is 2.03 bits per heavy atom. The van der Waals surface area contributed by atoms with Crippen molar-refractivity contribution in [3.05, 3.63) is 40.8 Å². The second-order valence-electron chi connectivity index (χ2n) is 7.23. The Kier molecular flexibility index (Phi) is 7.15. The number of nitrogens with one attached hydrogen (secondary N) is 2. The number of nitrogens with zero attached hydrogens (tertiary/aromatic N) is 5. The molecule has 4 heterocycles. The first kappa shape index (κ1) is 21.7. The molecule has 4 rings (SSSR count). The van der Waals surface area contributed by atoms with Crippen molar-refractivity contribution >= 4 is 46.7 Å². The molecular formula is C20H23N7O2S2. The number of aromatic nitrogens is 4. The summed E-state index contributed by atoms with van der Waals surface area (Å²) < 4.78 is 0. The van der Waals surface area contributed by atoms with Crippen LogP contribution in [0.2, 0.25) is 0 Å². The van der Waals surface area contributed by atoms with E-state index in [2.05, 4.69) is 35.5 Å². The van der Waals surface area contributed by atoms with Crippen molar-refractivity contribution in [3.8, 4) is 0 Å². The summed E-state index contributed by atoms with van der Waals surface area (Å²) in [6, 6.07) is 3.68. The van der Waals surface area contributed by atoms with E-state index < -0.39 is 0 Å². The molecule has 0 aliphatic carbocycles. The number of thioether (sulfide) groups is 2. The van der Waals surface area contributed by atoms with Crippen LogP contribution in [0.4, 0.5) is 10.7 Å². The summed E-state index contributed by atoms with van der Waals surface area (Å²) in [6.07, 6.45) is 9.19. The lowest BCUT2D eigenvalue weighted by atomic mass is 9.97. The van der Waals surface area contributed by atoms with E-state index in [4.69, 9.17) is 0 Å². The first-order valence-electron chi connectivity index (χ1n) is 10.00. The van der Waals surface area contributed by atoms with Gasteiger partial charge in [0.25, 0.3) is 11.1 Å². The molecule has 2 amide bonds. The van der Waals surface area contributed by atoms with Crippen LogP contribution in [0.25, 0.3) is 6.08 Å². The Labute approximate surface area is 188 Å². The number of piperidine rings is 1. The van der Waals surface area contributed by atoms with Gasteiger partial charge in [-0.05, 0) is 61.5 Å². The molecule has 2 fully saturated rings. The molecule has 0 unspecified atom stereocenters. The molecule has 0 radical (unpaired) electrons. The molecule has 0 aromatic carbocycles. The number of carbonyl (C=O) groups is 2. The zero-order valence-electron chi connectivity index (χ0n) is 17.1. The molecule has 0 saturated carbocycles. The van der Waals surface area contributed by atoms with Crippen molar-refractivity contribution < 1.29 is 9.59 Å². The maximum Gasteiger partial charge on any atom is 0.290 e. The van der Waals surface area contributed by atoms with Crippen molar-refractivity contribution in [2.45, 2.75) is 24.5 Å². The van der Waals surface area contributed by atoms with Gasteiger partial charge in [0, 0.05) is 32.0 Å². The Hall–Kier alpha value is -2.50. The molecule has 0 atom stereocenters. The fourth-order valence-electron chi connectivity index (χ4n) is 3.46. The molecule has 9 nitrogen and oxygen atoms in total. The highest BCUT2D eigenvalue weighted by Gasteiger charge is 2.25. The molecule has 2 aromatic rings. The van der Waals surface area contributed by atoms with Gasteiger partial charge < -0.3 is 10.2 Å². The first-order valence-corrected chi connectivity index (χ1v) is 12.0. The lowest BCUT2D eigenvalue weighted by molar-refractivity contribution is -0.115. The van der Waals surface area contributed by atoms with Crippen LogP contribution in [0.15, 0.2) is 34.6 Å². The molecular weight excluding hydrogens is 434 g/mol. The maximum atomic E-state index is 11.7. The highest BCUT2D eigenvalue weighted by atomic mass is 32.2. The summed E-state index contributed by atoms with van der Waals surface area (Å²) >= 11 is 2.44. The summed E-state index contributed by atoms with van der Waals surface area (Å²) in [6.45, 7) is 3.44. The van der Waals surface area contributed by atoms with E-state index in [0.29, 0.717) is 22.5 Å². The van der Waals surface area contributed by atoms with Crippen LogP contribution in [0.1, 0.15) is 24.2 Å². The molecule has 2 aliphatic rings. The third-order valence-corrected chi connectivity index (χ3v) is 6.47.